The van der Waals surface area contributed by atoms with Crippen molar-refractivity contribution in [3.63, 3.8) is 0 Å². The Morgan fingerprint density at radius 2 is 1.83 bits per heavy atom. The van der Waals surface area contributed by atoms with Crippen LogP contribution in [0, 0.1) is 5.92 Å². The average molecular weight is 523 g/mol. The molecule has 170 valence electrons. The maximum atomic E-state index is 5.97. The topological polar surface area (TPSA) is 49.3 Å². The molecule has 0 aliphatic carbocycles. The SMILES string of the molecule is C=CCN(CC=C)C(CNC(=NC)N1CCC(OCCCOC)CC1)C(C)C.I. The third-order valence-electron chi connectivity index (χ3n) is 5.23. The van der Waals surface area contributed by atoms with Gasteiger partial charge in [-0.15, -0.1) is 37.1 Å². The number of rotatable bonds is 13. The number of ether oxygens (including phenoxy) is 2. The van der Waals surface area contributed by atoms with Crippen molar-refractivity contribution in [1.29, 1.82) is 0 Å². The molecule has 1 aliphatic rings. The Labute approximate surface area is 195 Å². The van der Waals surface area contributed by atoms with E-state index in [1.54, 1.807) is 7.11 Å². The molecule has 0 amide bonds. The van der Waals surface area contributed by atoms with Crippen molar-refractivity contribution >= 4 is 29.9 Å². The predicted molar refractivity (Wildman–Crippen MR) is 134 cm³/mol. The van der Waals surface area contributed by atoms with Crippen molar-refractivity contribution < 1.29 is 9.47 Å². The third-order valence-corrected chi connectivity index (χ3v) is 5.23. The van der Waals surface area contributed by atoms with E-state index in [4.69, 9.17) is 9.47 Å². The van der Waals surface area contributed by atoms with E-state index >= 15 is 0 Å². The second kappa shape index (κ2) is 17.1. The lowest BCUT2D eigenvalue weighted by Gasteiger charge is -2.37. The van der Waals surface area contributed by atoms with Crippen LogP contribution in [0.3, 0.4) is 0 Å². The van der Waals surface area contributed by atoms with E-state index < -0.39 is 0 Å². The molecule has 1 N–H and O–H groups in total. The zero-order chi connectivity index (χ0) is 20.8. The largest absolute Gasteiger partial charge is 0.385 e. The summed E-state index contributed by atoms with van der Waals surface area (Å²) < 4.78 is 11.0. The molecule has 1 aliphatic heterocycles. The van der Waals surface area contributed by atoms with Crippen LogP contribution in [0.2, 0.25) is 0 Å². The van der Waals surface area contributed by atoms with Crippen molar-refractivity contribution in [3.8, 4) is 0 Å². The maximum Gasteiger partial charge on any atom is 0.193 e. The highest BCUT2D eigenvalue weighted by atomic mass is 127. The molecule has 6 nitrogen and oxygen atoms in total. The molecule has 1 heterocycles. The van der Waals surface area contributed by atoms with E-state index in [0.29, 0.717) is 18.1 Å². The van der Waals surface area contributed by atoms with Gasteiger partial charge in [-0.3, -0.25) is 9.89 Å². The number of nitrogens with zero attached hydrogens (tertiary/aromatic N) is 3. The van der Waals surface area contributed by atoms with Crippen LogP contribution in [0.25, 0.3) is 0 Å². The molecule has 0 aromatic rings. The van der Waals surface area contributed by atoms with Crippen LogP contribution in [-0.2, 0) is 9.47 Å². The highest BCUT2D eigenvalue weighted by Gasteiger charge is 2.24. The van der Waals surface area contributed by atoms with Gasteiger partial charge in [-0.05, 0) is 25.2 Å². The monoisotopic (exact) mass is 522 g/mol. The minimum Gasteiger partial charge on any atom is -0.385 e. The van der Waals surface area contributed by atoms with E-state index in [9.17, 15) is 0 Å². The highest BCUT2D eigenvalue weighted by molar-refractivity contribution is 14.0. The Morgan fingerprint density at radius 1 is 1.21 bits per heavy atom. The van der Waals surface area contributed by atoms with Crippen LogP contribution in [0.15, 0.2) is 30.3 Å². The predicted octanol–water partition coefficient (Wildman–Crippen LogP) is 3.40. The van der Waals surface area contributed by atoms with Gasteiger partial charge in [0.15, 0.2) is 5.96 Å². The molecule has 0 aromatic heterocycles. The number of hydrogen-bond donors (Lipinski definition) is 1. The molecule has 0 bridgehead atoms. The lowest BCUT2D eigenvalue weighted by atomic mass is 10.0. The number of piperidine rings is 1. The number of hydrogen-bond acceptors (Lipinski definition) is 4. The van der Waals surface area contributed by atoms with E-state index in [2.05, 4.69) is 47.1 Å². The first-order valence-electron chi connectivity index (χ1n) is 10.6. The zero-order valence-corrected chi connectivity index (χ0v) is 21.3. The quantitative estimate of drug-likeness (QED) is 0.132. The number of aliphatic imine (C=N–C) groups is 1. The fourth-order valence-electron chi connectivity index (χ4n) is 3.68. The smallest absolute Gasteiger partial charge is 0.193 e. The van der Waals surface area contributed by atoms with Gasteiger partial charge < -0.3 is 19.7 Å². The molecule has 1 rings (SSSR count). The summed E-state index contributed by atoms with van der Waals surface area (Å²) in [6.45, 7) is 18.4. The van der Waals surface area contributed by atoms with Crippen LogP contribution in [0.5, 0.6) is 0 Å². The van der Waals surface area contributed by atoms with Gasteiger partial charge in [-0.1, -0.05) is 26.0 Å². The van der Waals surface area contributed by atoms with Crippen molar-refractivity contribution in [3.05, 3.63) is 25.3 Å². The van der Waals surface area contributed by atoms with E-state index in [-0.39, 0.29) is 24.0 Å². The molecule has 0 aromatic carbocycles. The van der Waals surface area contributed by atoms with Gasteiger partial charge in [-0.2, -0.15) is 0 Å². The van der Waals surface area contributed by atoms with E-state index in [1.165, 1.54) is 0 Å². The fraction of sp³-hybridized carbons (Fsp3) is 0.773. The summed E-state index contributed by atoms with van der Waals surface area (Å²) in [7, 11) is 3.60. The lowest BCUT2D eigenvalue weighted by molar-refractivity contribution is 0.00984. The molecule has 1 unspecified atom stereocenters. The summed E-state index contributed by atoms with van der Waals surface area (Å²) in [4.78, 5) is 9.27. The summed E-state index contributed by atoms with van der Waals surface area (Å²) in [5, 5.41) is 3.60. The Morgan fingerprint density at radius 3 is 2.31 bits per heavy atom. The summed E-state index contributed by atoms with van der Waals surface area (Å²) >= 11 is 0. The summed E-state index contributed by atoms with van der Waals surface area (Å²) in [5.41, 5.74) is 0. The second-order valence-corrected chi connectivity index (χ2v) is 7.67. The average Bonchev–Trinajstić information content (AvgIpc) is 2.69. The van der Waals surface area contributed by atoms with Crippen molar-refractivity contribution in [1.82, 2.24) is 15.1 Å². The van der Waals surface area contributed by atoms with Crippen LogP contribution in [-0.4, -0.2) is 88.0 Å². The standard InChI is InChI=1S/C22H42N4O2.HI/c1-7-12-25(13-8-2)21(19(3)4)18-24-22(23-5)26-14-10-20(11-15-26)28-17-9-16-27-6;/h7-8,19-21H,1-2,9-18H2,3-6H3,(H,23,24);1H. The molecule has 0 saturated carbocycles. The minimum atomic E-state index is 0. The second-order valence-electron chi connectivity index (χ2n) is 7.67. The molecule has 0 spiro atoms. The van der Waals surface area contributed by atoms with E-state index in [1.807, 2.05) is 19.2 Å². The molecule has 1 fully saturated rings. The first-order valence-corrected chi connectivity index (χ1v) is 10.6. The Kier molecular flexibility index (Phi) is 16.7. The van der Waals surface area contributed by atoms with Crippen molar-refractivity contribution in [2.45, 2.75) is 45.3 Å². The van der Waals surface area contributed by atoms with Crippen molar-refractivity contribution in [2.24, 2.45) is 10.9 Å². The number of nitrogens with one attached hydrogen (secondary N) is 1. The minimum absolute atomic E-state index is 0. The van der Waals surface area contributed by atoms with Gasteiger partial charge in [0.25, 0.3) is 0 Å². The third kappa shape index (κ3) is 10.8. The first-order chi connectivity index (χ1) is 13.6. The normalized spacial score (nSPS) is 16.6. The number of methoxy groups -OCH3 is 1. The van der Waals surface area contributed by atoms with Gasteiger partial charge in [0.2, 0.25) is 0 Å². The Bertz CT molecular complexity index is 456. The van der Waals surface area contributed by atoms with Gasteiger partial charge in [-0.25, -0.2) is 0 Å². The van der Waals surface area contributed by atoms with Gasteiger partial charge in [0.05, 0.1) is 6.10 Å². The first kappa shape index (κ1) is 28.4. The molecule has 7 heteroatoms. The van der Waals surface area contributed by atoms with E-state index in [0.717, 1.165) is 71.2 Å². The summed E-state index contributed by atoms with van der Waals surface area (Å²) in [5.74, 6) is 1.51. The van der Waals surface area contributed by atoms with Gasteiger partial charge in [0.1, 0.15) is 0 Å². The Hall–Kier alpha value is -0.640. The Balaban J connectivity index is 0.00000784. The fourth-order valence-corrected chi connectivity index (χ4v) is 3.68. The molecular formula is C22H43IN4O2. The number of halogens is 1. The van der Waals surface area contributed by atoms with Crippen LogP contribution < -0.4 is 5.32 Å². The molecule has 1 saturated heterocycles. The highest BCUT2D eigenvalue weighted by Crippen LogP contribution is 2.15. The summed E-state index contributed by atoms with van der Waals surface area (Å²) in [6, 6.07) is 0.398. The zero-order valence-electron chi connectivity index (χ0n) is 18.9. The number of guanidine groups is 1. The van der Waals surface area contributed by atoms with Crippen LogP contribution in [0.1, 0.15) is 33.1 Å². The maximum absolute atomic E-state index is 5.97. The van der Waals surface area contributed by atoms with Gasteiger partial charge >= 0.3 is 0 Å². The molecule has 1 atom stereocenters. The van der Waals surface area contributed by atoms with Gasteiger partial charge in [0, 0.05) is 66.1 Å². The molecule has 0 radical (unpaired) electrons. The molecular weight excluding hydrogens is 479 g/mol. The van der Waals surface area contributed by atoms with Crippen LogP contribution in [0.4, 0.5) is 0 Å². The van der Waals surface area contributed by atoms with Crippen LogP contribution >= 0.6 is 24.0 Å². The van der Waals surface area contributed by atoms with Crippen molar-refractivity contribution in [2.75, 3.05) is 60.1 Å². The molecule has 29 heavy (non-hydrogen) atoms. The summed E-state index contributed by atoms with van der Waals surface area (Å²) in [6.07, 6.45) is 7.32. The lowest BCUT2D eigenvalue weighted by Crippen LogP contribution is -2.52. The number of likely N-dealkylation sites (tertiary alicyclic amines) is 1.